The Bertz CT molecular complexity index is 916. The molecule has 3 rings (SSSR count). The Morgan fingerprint density at radius 2 is 1.37 bits per heavy atom. The van der Waals surface area contributed by atoms with Crippen LogP contribution < -0.4 is 14.2 Å². The summed E-state index contributed by atoms with van der Waals surface area (Å²) in [5.74, 6) is 3.45. The van der Waals surface area contributed by atoms with Crippen LogP contribution in [0.25, 0.3) is 0 Å². The fourth-order valence-corrected chi connectivity index (χ4v) is 2.50. The van der Waals surface area contributed by atoms with Gasteiger partial charge in [-0.25, -0.2) is 4.68 Å². The van der Waals surface area contributed by atoms with E-state index in [9.17, 15) is 0 Å². The van der Waals surface area contributed by atoms with Gasteiger partial charge in [0.1, 0.15) is 30.1 Å². The monoisotopic (exact) mass is 367 g/mol. The van der Waals surface area contributed by atoms with Gasteiger partial charge >= 0.3 is 0 Å². The standard InChI is InChI=1S/C20H21N3O4/c1-14-19(13-21-25-4)20(23(2)22-14)27-18-11-9-17(10-12-18)26-16-7-5-15(24-3)6-8-16/h5-13H,1-4H3/b21-13+. The molecule has 7 heteroatoms. The number of oxime groups is 1. The summed E-state index contributed by atoms with van der Waals surface area (Å²) in [4.78, 5) is 4.75. The Morgan fingerprint density at radius 1 is 0.852 bits per heavy atom. The molecule has 0 unspecified atom stereocenters. The van der Waals surface area contributed by atoms with Crippen LogP contribution in [0.5, 0.6) is 28.9 Å². The van der Waals surface area contributed by atoms with Gasteiger partial charge < -0.3 is 19.0 Å². The van der Waals surface area contributed by atoms with Crippen molar-refractivity contribution in [1.29, 1.82) is 0 Å². The van der Waals surface area contributed by atoms with E-state index in [-0.39, 0.29) is 0 Å². The smallest absolute Gasteiger partial charge is 0.226 e. The lowest BCUT2D eigenvalue weighted by Crippen LogP contribution is -1.97. The number of methoxy groups -OCH3 is 1. The molecule has 1 aromatic heterocycles. The van der Waals surface area contributed by atoms with E-state index in [1.165, 1.54) is 7.11 Å². The van der Waals surface area contributed by atoms with Crippen LogP contribution in [0.3, 0.4) is 0 Å². The van der Waals surface area contributed by atoms with Crippen molar-refractivity contribution in [1.82, 2.24) is 9.78 Å². The summed E-state index contributed by atoms with van der Waals surface area (Å²) in [6.45, 7) is 1.88. The molecule has 0 N–H and O–H groups in total. The second-order valence-electron chi connectivity index (χ2n) is 5.70. The van der Waals surface area contributed by atoms with Crippen LogP contribution >= 0.6 is 0 Å². The molecule has 0 aliphatic rings. The third-order valence-corrected chi connectivity index (χ3v) is 3.83. The molecule has 27 heavy (non-hydrogen) atoms. The van der Waals surface area contributed by atoms with E-state index in [1.807, 2.05) is 62.5 Å². The molecule has 7 nitrogen and oxygen atoms in total. The Morgan fingerprint density at radius 3 is 1.89 bits per heavy atom. The highest BCUT2D eigenvalue weighted by Crippen LogP contribution is 2.29. The summed E-state index contributed by atoms with van der Waals surface area (Å²) >= 11 is 0. The number of hydrogen-bond acceptors (Lipinski definition) is 6. The van der Waals surface area contributed by atoms with Crippen LogP contribution in [0.15, 0.2) is 53.7 Å². The van der Waals surface area contributed by atoms with Crippen molar-refractivity contribution in [3.63, 3.8) is 0 Å². The minimum absolute atomic E-state index is 0.581. The zero-order chi connectivity index (χ0) is 19.2. The lowest BCUT2D eigenvalue weighted by molar-refractivity contribution is 0.215. The van der Waals surface area contributed by atoms with Crippen LogP contribution in [0.2, 0.25) is 0 Å². The van der Waals surface area contributed by atoms with E-state index in [4.69, 9.17) is 19.0 Å². The quantitative estimate of drug-likeness (QED) is 0.460. The summed E-state index contributed by atoms with van der Waals surface area (Å²) in [5.41, 5.74) is 1.56. The maximum Gasteiger partial charge on any atom is 0.226 e. The Balaban J connectivity index is 1.73. The van der Waals surface area contributed by atoms with Gasteiger partial charge in [0.25, 0.3) is 0 Å². The lowest BCUT2D eigenvalue weighted by atomic mass is 10.2. The molecule has 0 atom stereocenters. The van der Waals surface area contributed by atoms with Gasteiger partial charge in [0.2, 0.25) is 5.88 Å². The highest BCUT2D eigenvalue weighted by molar-refractivity contribution is 5.84. The Hall–Kier alpha value is -3.48. The summed E-state index contributed by atoms with van der Waals surface area (Å²) < 4.78 is 18.6. The van der Waals surface area contributed by atoms with Gasteiger partial charge in [-0.2, -0.15) is 5.10 Å². The molecule has 3 aromatic rings. The maximum atomic E-state index is 5.98. The third kappa shape index (κ3) is 4.38. The molecule has 0 spiro atoms. The van der Waals surface area contributed by atoms with E-state index in [0.29, 0.717) is 17.4 Å². The molecule has 0 aliphatic carbocycles. The Labute approximate surface area is 157 Å². The average molecular weight is 367 g/mol. The zero-order valence-electron chi connectivity index (χ0n) is 15.7. The van der Waals surface area contributed by atoms with E-state index >= 15 is 0 Å². The summed E-state index contributed by atoms with van der Waals surface area (Å²) in [6, 6.07) is 14.7. The number of ether oxygens (including phenoxy) is 3. The number of hydrogen-bond donors (Lipinski definition) is 0. The molecule has 0 radical (unpaired) electrons. The van der Waals surface area contributed by atoms with E-state index in [2.05, 4.69) is 10.3 Å². The fraction of sp³-hybridized carbons (Fsp3) is 0.200. The number of benzene rings is 2. The molecular formula is C20H21N3O4. The number of aromatic nitrogens is 2. The topological polar surface area (TPSA) is 67.1 Å². The van der Waals surface area contributed by atoms with Gasteiger partial charge in [0.05, 0.1) is 24.6 Å². The van der Waals surface area contributed by atoms with Crippen LogP contribution in [0.1, 0.15) is 11.3 Å². The van der Waals surface area contributed by atoms with Crippen LogP contribution in [-0.4, -0.2) is 30.2 Å². The van der Waals surface area contributed by atoms with Crippen molar-refractivity contribution in [2.75, 3.05) is 14.2 Å². The predicted molar refractivity (Wildman–Crippen MR) is 102 cm³/mol. The summed E-state index contributed by atoms with van der Waals surface area (Å²) in [7, 11) is 4.93. The predicted octanol–water partition coefficient (Wildman–Crippen LogP) is 4.30. The Kier molecular flexibility index (Phi) is 5.61. The van der Waals surface area contributed by atoms with Crippen molar-refractivity contribution in [3.05, 3.63) is 59.8 Å². The van der Waals surface area contributed by atoms with Gasteiger partial charge in [0, 0.05) is 7.05 Å². The molecule has 140 valence electrons. The molecule has 0 saturated carbocycles. The van der Waals surface area contributed by atoms with Crippen molar-refractivity contribution in [2.24, 2.45) is 12.2 Å². The first-order valence-corrected chi connectivity index (χ1v) is 8.30. The van der Waals surface area contributed by atoms with Gasteiger partial charge in [0.15, 0.2) is 0 Å². The van der Waals surface area contributed by atoms with E-state index < -0.39 is 0 Å². The molecule has 1 heterocycles. The largest absolute Gasteiger partial charge is 0.497 e. The number of rotatable bonds is 7. The minimum atomic E-state index is 0.581. The van der Waals surface area contributed by atoms with E-state index in [1.54, 1.807) is 18.0 Å². The van der Waals surface area contributed by atoms with Crippen molar-refractivity contribution in [2.45, 2.75) is 6.92 Å². The first-order valence-electron chi connectivity index (χ1n) is 8.30. The van der Waals surface area contributed by atoms with Crippen LogP contribution in [0.4, 0.5) is 0 Å². The second-order valence-corrected chi connectivity index (χ2v) is 5.70. The maximum absolute atomic E-state index is 5.98. The average Bonchev–Trinajstić information content (AvgIpc) is 2.95. The first-order chi connectivity index (χ1) is 13.1. The SMILES string of the molecule is CO/N=C/c1c(C)nn(C)c1Oc1ccc(Oc2ccc(OC)cc2)cc1. The second kappa shape index (κ2) is 8.27. The molecular weight excluding hydrogens is 346 g/mol. The first kappa shape index (κ1) is 18.3. The van der Waals surface area contributed by atoms with Crippen LogP contribution in [0, 0.1) is 6.92 Å². The highest BCUT2D eigenvalue weighted by Gasteiger charge is 2.14. The van der Waals surface area contributed by atoms with E-state index in [0.717, 1.165) is 22.8 Å². The summed E-state index contributed by atoms with van der Waals surface area (Å²) in [6.07, 6.45) is 1.58. The molecule has 0 amide bonds. The summed E-state index contributed by atoms with van der Waals surface area (Å²) in [5, 5.41) is 8.16. The molecule has 2 aromatic carbocycles. The van der Waals surface area contributed by atoms with Gasteiger partial charge in [-0.15, -0.1) is 0 Å². The zero-order valence-corrected chi connectivity index (χ0v) is 15.7. The minimum Gasteiger partial charge on any atom is -0.497 e. The lowest BCUT2D eigenvalue weighted by Gasteiger charge is -2.09. The molecule has 0 bridgehead atoms. The van der Waals surface area contributed by atoms with Crippen molar-refractivity contribution in [3.8, 4) is 28.9 Å². The van der Waals surface area contributed by atoms with Crippen LogP contribution in [-0.2, 0) is 11.9 Å². The number of aryl methyl sites for hydroxylation is 2. The van der Waals surface area contributed by atoms with Crippen molar-refractivity contribution < 1.29 is 19.0 Å². The number of nitrogens with zero attached hydrogens (tertiary/aromatic N) is 3. The van der Waals surface area contributed by atoms with Gasteiger partial charge in [-0.3, -0.25) is 0 Å². The van der Waals surface area contributed by atoms with Crippen molar-refractivity contribution >= 4 is 6.21 Å². The molecule has 0 fully saturated rings. The van der Waals surface area contributed by atoms with Gasteiger partial charge in [-0.1, -0.05) is 5.16 Å². The van der Waals surface area contributed by atoms with Gasteiger partial charge in [-0.05, 0) is 55.5 Å². The molecule has 0 saturated heterocycles. The normalized spacial score (nSPS) is 10.8. The molecule has 0 aliphatic heterocycles. The third-order valence-electron chi connectivity index (χ3n) is 3.83. The highest BCUT2D eigenvalue weighted by atomic mass is 16.6. The fourth-order valence-electron chi connectivity index (χ4n) is 2.50.